The van der Waals surface area contributed by atoms with Crippen LogP contribution in [-0.2, 0) is 24.3 Å². The van der Waals surface area contributed by atoms with Crippen LogP contribution in [0, 0.1) is 0 Å². The molecule has 92 valence electrons. The molecule has 1 rings (SSSR count). The average Bonchev–Trinajstić information content (AvgIpc) is 2.58. The van der Waals surface area contributed by atoms with Gasteiger partial charge in [-0.15, -0.1) is 11.3 Å². The molecule has 1 heterocycles. The molecule has 0 aliphatic rings. The normalized spacial score (nSPS) is 12.1. The molecular weight excluding hydrogens is 241 g/mol. The van der Waals surface area contributed by atoms with Gasteiger partial charge in [-0.05, 0) is 6.42 Å². The quantitative estimate of drug-likeness (QED) is 0.876. The highest BCUT2D eigenvalue weighted by Crippen LogP contribution is 2.21. The lowest BCUT2D eigenvalue weighted by Crippen LogP contribution is -2.16. The number of hydrogen-bond acceptors (Lipinski definition) is 4. The first-order valence-electron chi connectivity index (χ1n) is 4.78. The van der Waals surface area contributed by atoms with Crippen LogP contribution in [0.1, 0.15) is 22.5 Å². The van der Waals surface area contributed by atoms with Crippen LogP contribution < -0.4 is 5.73 Å². The smallest absolute Gasteiger partial charge is 0.365 e. The molecule has 0 saturated heterocycles. The Morgan fingerprint density at radius 3 is 2.56 bits per heavy atom. The van der Waals surface area contributed by atoms with Gasteiger partial charge in [0.05, 0.1) is 12.3 Å². The molecule has 0 radical (unpaired) electrons. The van der Waals surface area contributed by atoms with Gasteiger partial charge in [0.15, 0.2) is 0 Å². The lowest BCUT2D eigenvalue weighted by atomic mass is 10.3. The van der Waals surface area contributed by atoms with E-state index in [1.54, 1.807) is 0 Å². The number of hydrogen-bond donors (Lipinski definition) is 1. The van der Waals surface area contributed by atoms with Gasteiger partial charge in [0.25, 0.3) is 0 Å². The zero-order valence-corrected chi connectivity index (χ0v) is 9.62. The highest BCUT2D eigenvalue weighted by molar-refractivity contribution is 7.11. The minimum absolute atomic E-state index is 0.114. The molecule has 0 bridgehead atoms. The van der Waals surface area contributed by atoms with Crippen molar-refractivity contribution in [1.82, 2.24) is 4.98 Å². The summed E-state index contributed by atoms with van der Waals surface area (Å²) in [5, 5.41) is 0.543. The van der Waals surface area contributed by atoms with Crippen LogP contribution in [0.2, 0.25) is 0 Å². The van der Waals surface area contributed by atoms with Crippen molar-refractivity contribution < 1.29 is 17.9 Å². The number of thiazole rings is 1. The summed E-state index contributed by atoms with van der Waals surface area (Å²) in [5.74, 6) is 0. The zero-order valence-electron chi connectivity index (χ0n) is 8.80. The molecular formula is C9H13F3N2OS. The summed E-state index contributed by atoms with van der Waals surface area (Å²) in [6.45, 7) is 0.928. The Morgan fingerprint density at radius 1 is 1.44 bits per heavy atom. The van der Waals surface area contributed by atoms with Crippen molar-refractivity contribution in [2.24, 2.45) is 5.73 Å². The van der Waals surface area contributed by atoms with Crippen LogP contribution in [0.4, 0.5) is 13.2 Å². The maximum absolute atomic E-state index is 11.8. The maximum atomic E-state index is 11.8. The van der Waals surface area contributed by atoms with Crippen molar-refractivity contribution in [3.8, 4) is 0 Å². The van der Waals surface area contributed by atoms with Gasteiger partial charge in [-0.25, -0.2) is 4.98 Å². The number of aryl methyl sites for hydroxylation is 1. The molecule has 16 heavy (non-hydrogen) atoms. The van der Waals surface area contributed by atoms with E-state index in [1.165, 1.54) is 11.3 Å². The first kappa shape index (κ1) is 13.4. The highest BCUT2D eigenvalue weighted by atomic mass is 32.1. The highest BCUT2D eigenvalue weighted by Gasteiger charge is 2.27. The van der Waals surface area contributed by atoms with E-state index in [4.69, 9.17) is 5.73 Å². The molecule has 0 aromatic carbocycles. The Kier molecular flexibility index (Phi) is 4.69. The summed E-state index contributed by atoms with van der Waals surface area (Å²) < 4.78 is 40.0. The number of ether oxygens (including phenoxy) is 1. The first-order chi connectivity index (χ1) is 7.46. The van der Waals surface area contributed by atoms with Gasteiger partial charge in [0.1, 0.15) is 11.6 Å². The average molecular weight is 254 g/mol. The van der Waals surface area contributed by atoms with Crippen LogP contribution in [0.25, 0.3) is 0 Å². The van der Waals surface area contributed by atoms with Gasteiger partial charge < -0.3 is 10.5 Å². The van der Waals surface area contributed by atoms with Crippen molar-refractivity contribution in [3.63, 3.8) is 0 Å². The standard InChI is InChI=1S/C9H13F3N2OS/c1-2-6-7(3-13)16-8(14-6)4-15-5-9(10,11)12/h2-5,13H2,1H3. The van der Waals surface area contributed by atoms with Gasteiger partial charge in [0, 0.05) is 11.4 Å². The van der Waals surface area contributed by atoms with Crippen LogP contribution in [0.15, 0.2) is 0 Å². The Bertz CT molecular complexity index is 316. The largest absolute Gasteiger partial charge is 0.411 e. The number of rotatable bonds is 5. The fraction of sp³-hybridized carbons (Fsp3) is 0.667. The van der Waals surface area contributed by atoms with Gasteiger partial charge in [-0.1, -0.05) is 6.92 Å². The third-order valence-electron chi connectivity index (χ3n) is 1.83. The van der Waals surface area contributed by atoms with Crippen LogP contribution in [0.5, 0.6) is 0 Å². The number of nitrogens with two attached hydrogens (primary N) is 1. The van der Waals surface area contributed by atoms with Crippen molar-refractivity contribution in [1.29, 1.82) is 0 Å². The molecule has 3 nitrogen and oxygen atoms in total. The summed E-state index contributed by atoms with van der Waals surface area (Å²) in [7, 11) is 0. The minimum Gasteiger partial charge on any atom is -0.365 e. The maximum Gasteiger partial charge on any atom is 0.411 e. The van der Waals surface area contributed by atoms with E-state index in [0.29, 0.717) is 11.6 Å². The number of nitrogens with zero attached hydrogens (tertiary/aromatic N) is 1. The molecule has 0 spiro atoms. The van der Waals surface area contributed by atoms with E-state index < -0.39 is 12.8 Å². The molecule has 0 fully saturated rings. The first-order valence-corrected chi connectivity index (χ1v) is 5.60. The van der Waals surface area contributed by atoms with Gasteiger partial charge in [-0.3, -0.25) is 0 Å². The third-order valence-corrected chi connectivity index (χ3v) is 2.93. The van der Waals surface area contributed by atoms with E-state index in [1.807, 2.05) is 6.92 Å². The summed E-state index contributed by atoms with van der Waals surface area (Å²) in [6, 6.07) is 0. The molecule has 1 aromatic heterocycles. The van der Waals surface area contributed by atoms with Crippen molar-refractivity contribution in [3.05, 3.63) is 15.6 Å². The molecule has 2 N–H and O–H groups in total. The van der Waals surface area contributed by atoms with Crippen LogP contribution >= 0.6 is 11.3 Å². The summed E-state index contributed by atoms with van der Waals surface area (Å²) >= 11 is 1.31. The monoisotopic (exact) mass is 254 g/mol. The van der Waals surface area contributed by atoms with E-state index in [2.05, 4.69) is 9.72 Å². The summed E-state index contributed by atoms with van der Waals surface area (Å²) in [5.41, 5.74) is 6.33. The van der Waals surface area contributed by atoms with E-state index in [9.17, 15) is 13.2 Å². The predicted molar refractivity (Wildman–Crippen MR) is 55.1 cm³/mol. The Balaban J connectivity index is 2.51. The third kappa shape index (κ3) is 4.07. The second-order valence-electron chi connectivity index (χ2n) is 3.14. The number of alkyl halides is 3. The molecule has 0 atom stereocenters. The SMILES string of the molecule is CCc1nc(COCC(F)(F)F)sc1CN. The lowest BCUT2D eigenvalue weighted by Gasteiger charge is -2.05. The summed E-state index contributed by atoms with van der Waals surface area (Å²) in [6.07, 6.45) is -3.57. The van der Waals surface area contributed by atoms with E-state index in [-0.39, 0.29) is 6.61 Å². The van der Waals surface area contributed by atoms with Gasteiger partial charge in [0.2, 0.25) is 0 Å². The molecule has 0 saturated carbocycles. The second kappa shape index (κ2) is 5.60. The molecule has 1 aromatic rings. The molecule has 0 aliphatic heterocycles. The minimum atomic E-state index is -4.29. The number of halogens is 3. The zero-order chi connectivity index (χ0) is 12.2. The topological polar surface area (TPSA) is 48.1 Å². The molecule has 0 unspecified atom stereocenters. The van der Waals surface area contributed by atoms with Gasteiger partial charge in [-0.2, -0.15) is 13.2 Å². The van der Waals surface area contributed by atoms with Crippen LogP contribution in [-0.4, -0.2) is 17.8 Å². The fourth-order valence-corrected chi connectivity index (χ4v) is 2.16. The lowest BCUT2D eigenvalue weighted by molar-refractivity contribution is -0.176. The van der Waals surface area contributed by atoms with Crippen molar-refractivity contribution >= 4 is 11.3 Å². The van der Waals surface area contributed by atoms with Gasteiger partial charge >= 0.3 is 6.18 Å². The molecule has 0 amide bonds. The molecule has 7 heteroatoms. The number of aromatic nitrogens is 1. The van der Waals surface area contributed by atoms with Crippen molar-refractivity contribution in [2.45, 2.75) is 32.7 Å². The van der Waals surface area contributed by atoms with Crippen molar-refractivity contribution in [2.75, 3.05) is 6.61 Å². The Hall–Kier alpha value is -0.660. The second-order valence-corrected chi connectivity index (χ2v) is 4.31. The fourth-order valence-electron chi connectivity index (χ4n) is 1.19. The Labute approximate surface area is 95.4 Å². The Morgan fingerprint density at radius 2 is 2.12 bits per heavy atom. The predicted octanol–water partition coefficient (Wildman–Crippen LogP) is 2.24. The van der Waals surface area contributed by atoms with E-state index >= 15 is 0 Å². The molecule has 0 aliphatic carbocycles. The van der Waals surface area contributed by atoms with Crippen LogP contribution in [0.3, 0.4) is 0 Å². The van der Waals surface area contributed by atoms with E-state index in [0.717, 1.165) is 17.0 Å². The summed E-state index contributed by atoms with van der Waals surface area (Å²) in [4.78, 5) is 5.08.